The van der Waals surface area contributed by atoms with Gasteiger partial charge in [0, 0.05) is 19.7 Å². The monoisotopic (exact) mass is 242 g/mol. The van der Waals surface area contributed by atoms with Crippen molar-refractivity contribution in [2.75, 3.05) is 26.2 Å². The number of ether oxygens (including phenoxy) is 1. The van der Waals surface area contributed by atoms with Crippen LogP contribution in [0.5, 0.6) is 0 Å². The largest absolute Gasteiger partial charge is 0.481 e. The molecular weight excluding hydrogens is 220 g/mol. The Morgan fingerprint density at radius 1 is 1.47 bits per heavy atom. The van der Waals surface area contributed by atoms with Crippen molar-refractivity contribution in [1.29, 1.82) is 0 Å². The van der Waals surface area contributed by atoms with Crippen molar-refractivity contribution in [3.63, 3.8) is 0 Å². The van der Waals surface area contributed by atoms with Crippen molar-refractivity contribution in [3.05, 3.63) is 0 Å². The van der Waals surface area contributed by atoms with Gasteiger partial charge in [0.15, 0.2) is 0 Å². The van der Waals surface area contributed by atoms with Crippen molar-refractivity contribution in [2.45, 2.75) is 43.7 Å². The predicted octanol–water partition coefficient (Wildman–Crippen LogP) is 0.352. The van der Waals surface area contributed by atoms with Crippen LogP contribution in [0.3, 0.4) is 0 Å². The number of hydrogen-bond acceptors (Lipinski definition) is 4. The lowest BCUT2D eigenvalue weighted by atomic mass is 9.88. The molecule has 17 heavy (non-hydrogen) atoms. The summed E-state index contributed by atoms with van der Waals surface area (Å²) in [4.78, 5) is 10.8. The van der Waals surface area contributed by atoms with Gasteiger partial charge in [0.1, 0.15) is 0 Å². The van der Waals surface area contributed by atoms with Crippen LogP contribution in [0.4, 0.5) is 0 Å². The van der Waals surface area contributed by atoms with Crippen LogP contribution in [0.25, 0.3) is 0 Å². The van der Waals surface area contributed by atoms with Crippen LogP contribution in [-0.4, -0.2) is 49.0 Å². The van der Waals surface area contributed by atoms with E-state index in [1.165, 1.54) is 12.8 Å². The minimum Gasteiger partial charge on any atom is -0.481 e. The summed E-state index contributed by atoms with van der Waals surface area (Å²) >= 11 is 0. The molecule has 0 radical (unpaired) electrons. The minimum absolute atomic E-state index is 0.200. The molecular formula is C12H22N2O3. The quantitative estimate of drug-likeness (QED) is 0.627. The number of hydrogen-bond donors (Lipinski definition) is 3. The second-order valence-electron chi connectivity index (χ2n) is 5.16. The van der Waals surface area contributed by atoms with E-state index in [9.17, 15) is 4.79 Å². The molecule has 0 spiro atoms. The third kappa shape index (κ3) is 3.66. The first-order valence-corrected chi connectivity index (χ1v) is 6.49. The topological polar surface area (TPSA) is 70.6 Å². The van der Waals surface area contributed by atoms with Gasteiger partial charge in [-0.1, -0.05) is 0 Å². The molecule has 2 aliphatic heterocycles. The molecule has 0 aromatic carbocycles. The molecule has 2 rings (SSSR count). The van der Waals surface area contributed by atoms with Gasteiger partial charge in [-0.15, -0.1) is 0 Å². The molecule has 0 bridgehead atoms. The highest BCUT2D eigenvalue weighted by Crippen LogP contribution is 2.18. The molecule has 2 fully saturated rings. The van der Waals surface area contributed by atoms with E-state index in [0.717, 1.165) is 39.1 Å². The number of carboxylic acids is 1. The highest BCUT2D eigenvalue weighted by molar-refractivity contribution is 5.68. The first-order valence-electron chi connectivity index (χ1n) is 6.49. The summed E-state index contributed by atoms with van der Waals surface area (Å²) in [6.07, 6.45) is 5.13. The molecule has 98 valence electrons. The van der Waals surface area contributed by atoms with Crippen LogP contribution in [0, 0.1) is 0 Å². The molecule has 2 aliphatic rings. The summed E-state index contributed by atoms with van der Waals surface area (Å²) in [5.74, 6) is -0.729. The van der Waals surface area contributed by atoms with Gasteiger partial charge in [-0.2, -0.15) is 0 Å². The number of rotatable bonds is 6. The first-order chi connectivity index (χ1) is 8.20. The van der Waals surface area contributed by atoms with E-state index in [-0.39, 0.29) is 12.0 Å². The lowest BCUT2D eigenvalue weighted by Crippen LogP contribution is -2.68. The molecule has 0 aromatic heterocycles. The SMILES string of the molecule is O=C(O)CC1(NCCC2CCCCO2)CNC1. The molecule has 0 aromatic rings. The lowest BCUT2D eigenvalue weighted by Gasteiger charge is -2.43. The Kier molecular flexibility index (Phi) is 4.36. The Balaban J connectivity index is 1.67. The average molecular weight is 242 g/mol. The number of nitrogens with one attached hydrogen (secondary N) is 2. The maximum absolute atomic E-state index is 10.8. The van der Waals surface area contributed by atoms with Crippen LogP contribution in [-0.2, 0) is 9.53 Å². The van der Waals surface area contributed by atoms with Crippen molar-refractivity contribution in [3.8, 4) is 0 Å². The molecule has 5 heteroatoms. The van der Waals surface area contributed by atoms with E-state index >= 15 is 0 Å². The number of carboxylic acid groups (broad SMARTS) is 1. The Labute approximate surface area is 102 Å². The van der Waals surface area contributed by atoms with Crippen molar-refractivity contribution < 1.29 is 14.6 Å². The second-order valence-corrected chi connectivity index (χ2v) is 5.16. The third-order valence-electron chi connectivity index (χ3n) is 3.66. The van der Waals surface area contributed by atoms with Gasteiger partial charge in [0.05, 0.1) is 18.1 Å². The molecule has 5 nitrogen and oxygen atoms in total. The molecule has 0 amide bonds. The summed E-state index contributed by atoms with van der Waals surface area (Å²) in [6, 6.07) is 0. The van der Waals surface area contributed by atoms with Crippen LogP contribution >= 0.6 is 0 Å². The van der Waals surface area contributed by atoms with Crippen molar-refractivity contribution in [1.82, 2.24) is 10.6 Å². The Morgan fingerprint density at radius 3 is 2.82 bits per heavy atom. The predicted molar refractivity (Wildman–Crippen MR) is 64.1 cm³/mol. The smallest absolute Gasteiger partial charge is 0.305 e. The van der Waals surface area contributed by atoms with Gasteiger partial charge in [-0.25, -0.2) is 0 Å². The molecule has 2 heterocycles. The number of aliphatic carboxylic acids is 1. The van der Waals surface area contributed by atoms with E-state index < -0.39 is 5.97 Å². The van der Waals surface area contributed by atoms with Crippen LogP contribution in [0.2, 0.25) is 0 Å². The van der Waals surface area contributed by atoms with Crippen LogP contribution < -0.4 is 10.6 Å². The fourth-order valence-electron chi connectivity index (χ4n) is 2.56. The third-order valence-corrected chi connectivity index (χ3v) is 3.66. The van der Waals surface area contributed by atoms with Gasteiger partial charge in [0.2, 0.25) is 0 Å². The molecule has 1 atom stereocenters. The zero-order valence-electron chi connectivity index (χ0n) is 10.2. The zero-order chi connectivity index (χ0) is 12.1. The van der Waals surface area contributed by atoms with Gasteiger partial charge in [-0.05, 0) is 32.2 Å². The minimum atomic E-state index is -0.729. The Morgan fingerprint density at radius 2 is 2.29 bits per heavy atom. The Hall–Kier alpha value is -0.650. The summed E-state index contributed by atoms with van der Waals surface area (Å²) in [5, 5.41) is 15.4. The average Bonchev–Trinajstić information content (AvgIpc) is 2.26. The first kappa shape index (κ1) is 12.8. The Bertz CT molecular complexity index is 260. The van der Waals surface area contributed by atoms with Gasteiger partial charge in [0.25, 0.3) is 0 Å². The second kappa shape index (κ2) is 5.80. The molecule has 2 saturated heterocycles. The van der Waals surface area contributed by atoms with E-state index in [1.54, 1.807) is 0 Å². The van der Waals surface area contributed by atoms with Gasteiger partial charge in [-0.3, -0.25) is 4.79 Å². The van der Waals surface area contributed by atoms with E-state index in [1.807, 2.05) is 0 Å². The standard InChI is InChI=1S/C12H22N2O3/c15-11(16)7-12(8-13-9-12)14-5-4-10-3-1-2-6-17-10/h10,13-14H,1-9H2,(H,15,16). The van der Waals surface area contributed by atoms with Gasteiger partial charge >= 0.3 is 5.97 Å². The van der Waals surface area contributed by atoms with Crippen molar-refractivity contribution in [2.24, 2.45) is 0 Å². The van der Waals surface area contributed by atoms with Gasteiger partial charge < -0.3 is 20.5 Å². The van der Waals surface area contributed by atoms with Crippen LogP contribution in [0.15, 0.2) is 0 Å². The van der Waals surface area contributed by atoms with E-state index in [0.29, 0.717) is 6.10 Å². The highest BCUT2D eigenvalue weighted by atomic mass is 16.5. The lowest BCUT2D eigenvalue weighted by molar-refractivity contribution is -0.139. The zero-order valence-corrected chi connectivity index (χ0v) is 10.2. The summed E-state index contributed by atoms with van der Waals surface area (Å²) in [7, 11) is 0. The maximum Gasteiger partial charge on any atom is 0.305 e. The molecule has 3 N–H and O–H groups in total. The normalized spacial score (nSPS) is 27.4. The fraction of sp³-hybridized carbons (Fsp3) is 0.917. The van der Waals surface area contributed by atoms with E-state index in [4.69, 9.17) is 9.84 Å². The molecule has 0 aliphatic carbocycles. The number of carbonyl (C=O) groups is 1. The summed E-state index contributed by atoms with van der Waals surface area (Å²) < 4.78 is 5.65. The summed E-state index contributed by atoms with van der Waals surface area (Å²) in [6.45, 7) is 3.24. The molecule has 1 unspecified atom stereocenters. The van der Waals surface area contributed by atoms with Crippen LogP contribution in [0.1, 0.15) is 32.1 Å². The molecule has 0 saturated carbocycles. The summed E-state index contributed by atoms with van der Waals surface area (Å²) in [5.41, 5.74) is -0.222. The maximum atomic E-state index is 10.8. The van der Waals surface area contributed by atoms with Crippen molar-refractivity contribution >= 4 is 5.97 Å². The highest BCUT2D eigenvalue weighted by Gasteiger charge is 2.38. The fourth-order valence-corrected chi connectivity index (χ4v) is 2.56. The van der Waals surface area contributed by atoms with E-state index in [2.05, 4.69) is 10.6 Å².